The molecule has 0 aliphatic carbocycles. The quantitative estimate of drug-likeness (QED) is 0.219. The fraction of sp³-hybridized carbons (Fsp3) is 0.542. The monoisotopic (exact) mass is 552 g/mol. The van der Waals surface area contributed by atoms with E-state index in [1.54, 1.807) is 0 Å². The van der Waals surface area contributed by atoms with Crippen LogP contribution >= 0.6 is 24.0 Å². The summed E-state index contributed by atoms with van der Waals surface area (Å²) in [5.41, 5.74) is 1.25. The molecule has 0 atom stereocenters. The normalized spacial score (nSPS) is 15.4. The van der Waals surface area contributed by atoms with Crippen LogP contribution in [0.2, 0.25) is 0 Å². The van der Waals surface area contributed by atoms with Crippen LogP contribution < -0.4 is 5.32 Å². The number of piperazine rings is 1. The first-order chi connectivity index (χ1) is 15.2. The van der Waals surface area contributed by atoms with Crippen molar-refractivity contribution in [1.29, 1.82) is 0 Å². The van der Waals surface area contributed by atoms with Gasteiger partial charge in [-0.2, -0.15) is 4.98 Å². The predicted molar refractivity (Wildman–Crippen MR) is 142 cm³/mol. The number of guanidine groups is 1. The first-order valence-corrected chi connectivity index (χ1v) is 11.5. The largest absolute Gasteiger partial charge is 0.357 e. The van der Waals surface area contributed by atoms with Crippen LogP contribution in [0, 0.1) is 0 Å². The molecule has 0 amide bonds. The third-order valence-corrected chi connectivity index (χ3v) is 5.29. The first kappa shape index (κ1) is 26.3. The van der Waals surface area contributed by atoms with Gasteiger partial charge < -0.3 is 14.7 Å². The van der Waals surface area contributed by atoms with Gasteiger partial charge in [0, 0.05) is 58.2 Å². The van der Waals surface area contributed by atoms with E-state index in [-0.39, 0.29) is 24.0 Å². The average Bonchev–Trinajstić information content (AvgIpc) is 3.27. The highest BCUT2D eigenvalue weighted by atomic mass is 127. The molecule has 1 N–H and O–H groups in total. The van der Waals surface area contributed by atoms with E-state index in [0.717, 1.165) is 70.4 Å². The van der Waals surface area contributed by atoms with Crippen molar-refractivity contribution in [2.45, 2.75) is 39.5 Å². The molecule has 2 aromatic rings. The van der Waals surface area contributed by atoms with Crippen LogP contribution in [-0.4, -0.2) is 71.7 Å². The zero-order chi connectivity index (χ0) is 21.9. The van der Waals surface area contributed by atoms with Crippen LogP contribution in [0.1, 0.15) is 50.4 Å². The summed E-state index contributed by atoms with van der Waals surface area (Å²) >= 11 is 0. The summed E-state index contributed by atoms with van der Waals surface area (Å²) in [6, 6.07) is 10.5. The highest BCUT2D eigenvalue weighted by molar-refractivity contribution is 14.0. The lowest BCUT2D eigenvalue weighted by atomic mass is 10.2. The molecule has 1 aromatic heterocycles. The van der Waals surface area contributed by atoms with E-state index in [1.807, 2.05) is 6.07 Å². The van der Waals surface area contributed by atoms with Crippen molar-refractivity contribution < 1.29 is 4.52 Å². The lowest BCUT2D eigenvalue weighted by Crippen LogP contribution is -2.52. The molecule has 0 saturated carbocycles. The highest BCUT2D eigenvalue weighted by Crippen LogP contribution is 2.11. The van der Waals surface area contributed by atoms with Crippen molar-refractivity contribution in [1.82, 2.24) is 25.3 Å². The number of aryl methyl sites for hydroxylation is 1. The van der Waals surface area contributed by atoms with Gasteiger partial charge in [0.1, 0.15) is 0 Å². The molecule has 1 aromatic carbocycles. The molecule has 1 aliphatic heterocycles. The Kier molecular flexibility index (Phi) is 11.7. The topological polar surface area (TPSA) is 69.8 Å². The van der Waals surface area contributed by atoms with E-state index in [0.29, 0.717) is 11.8 Å². The molecule has 2 heterocycles. The molecule has 1 fully saturated rings. The van der Waals surface area contributed by atoms with E-state index in [9.17, 15) is 0 Å². The second-order valence-electron chi connectivity index (χ2n) is 8.14. The molecule has 0 spiro atoms. The Hall–Kier alpha value is -1.94. The highest BCUT2D eigenvalue weighted by Gasteiger charge is 2.18. The number of nitrogens with zero attached hydrogens (tertiary/aromatic N) is 5. The summed E-state index contributed by atoms with van der Waals surface area (Å²) in [6.07, 6.45) is 6.13. The zero-order valence-electron chi connectivity index (χ0n) is 19.5. The number of aromatic nitrogens is 2. The number of benzene rings is 1. The van der Waals surface area contributed by atoms with Crippen LogP contribution in [0.25, 0.3) is 6.08 Å². The van der Waals surface area contributed by atoms with E-state index in [1.165, 1.54) is 5.56 Å². The summed E-state index contributed by atoms with van der Waals surface area (Å²) in [7, 11) is 0. The number of rotatable bonds is 9. The van der Waals surface area contributed by atoms with Crippen molar-refractivity contribution in [2.24, 2.45) is 4.99 Å². The fourth-order valence-electron chi connectivity index (χ4n) is 3.49. The Morgan fingerprint density at radius 3 is 2.59 bits per heavy atom. The van der Waals surface area contributed by atoms with Crippen molar-refractivity contribution in [2.75, 3.05) is 45.8 Å². The molecule has 0 unspecified atom stereocenters. The maximum Gasteiger partial charge on any atom is 0.226 e. The maximum atomic E-state index is 5.32. The number of halogens is 1. The van der Waals surface area contributed by atoms with Crippen molar-refractivity contribution >= 4 is 36.0 Å². The Bertz CT molecular complexity index is 828. The number of nitrogens with one attached hydrogen (secondary N) is 1. The molecule has 176 valence electrons. The molecule has 1 aliphatic rings. The molecule has 32 heavy (non-hydrogen) atoms. The van der Waals surface area contributed by atoms with Crippen LogP contribution in [0.4, 0.5) is 0 Å². The van der Waals surface area contributed by atoms with Gasteiger partial charge in [-0.1, -0.05) is 61.5 Å². The third kappa shape index (κ3) is 8.54. The van der Waals surface area contributed by atoms with Gasteiger partial charge in [-0.15, -0.1) is 24.0 Å². The number of hydrogen-bond acceptors (Lipinski definition) is 5. The van der Waals surface area contributed by atoms with Crippen LogP contribution in [0.15, 0.2) is 45.9 Å². The van der Waals surface area contributed by atoms with E-state index >= 15 is 0 Å². The van der Waals surface area contributed by atoms with Gasteiger partial charge in [0.2, 0.25) is 5.89 Å². The maximum absolute atomic E-state index is 5.32. The van der Waals surface area contributed by atoms with Crippen LogP contribution in [0.5, 0.6) is 0 Å². The number of hydrogen-bond donors (Lipinski definition) is 1. The van der Waals surface area contributed by atoms with Gasteiger partial charge in [-0.05, 0) is 18.9 Å². The standard InChI is InChI=1S/C24H36N6O.HI/c1-4-25-24(26-14-8-13-22-27-23(20(2)3)28-31-22)30-18-16-29(17-19-30)15-9-12-21-10-6-5-7-11-21;/h5-7,9-12,20H,4,8,13-19H2,1-3H3,(H,25,26);1H/b12-9+;. The smallest absolute Gasteiger partial charge is 0.226 e. The van der Waals surface area contributed by atoms with E-state index in [2.05, 4.69) is 82.4 Å². The van der Waals surface area contributed by atoms with Crippen LogP contribution in [0.3, 0.4) is 0 Å². The Balaban J connectivity index is 0.00000363. The summed E-state index contributed by atoms with van der Waals surface area (Å²) in [5, 5.41) is 7.47. The minimum atomic E-state index is 0. The minimum absolute atomic E-state index is 0. The van der Waals surface area contributed by atoms with Gasteiger partial charge in [-0.3, -0.25) is 9.89 Å². The average molecular weight is 553 g/mol. The predicted octanol–water partition coefficient (Wildman–Crippen LogP) is 4.04. The second-order valence-corrected chi connectivity index (χ2v) is 8.14. The third-order valence-electron chi connectivity index (χ3n) is 5.29. The van der Waals surface area contributed by atoms with Gasteiger partial charge in [0.15, 0.2) is 11.8 Å². The molecule has 0 bridgehead atoms. The minimum Gasteiger partial charge on any atom is -0.357 e. The molecule has 8 heteroatoms. The zero-order valence-corrected chi connectivity index (χ0v) is 21.9. The molecule has 1 saturated heterocycles. The first-order valence-electron chi connectivity index (χ1n) is 11.5. The summed E-state index contributed by atoms with van der Waals surface area (Å²) in [5.74, 6) is 2.79. The molecule has 3 rings (SSSR count). The number of aliphatic imine (C=N–C) groups is 1. The summed E-state index contributed by atoms with van der Waals surface area (Å²) in [4.78, 5) is 14.1. The van der Waals surface area contributed by atoms with E-state index in [4.69, 9.17) is 9.52 Å². The Labute approximate surface area is 209 Å². The summed E-state index contributed by atoms with van der Waals surface area (Å²) < 4.78 is 5.32. The molecular weight excluding hydrogens is 515 g/mol. The van der Waals surface area contributed by atoms with Crippen molar-refractivity contribution in [3.63, 3.8) is 0 Å². The molecule has 7 nitrogen and oxygen atoms in total. The SMILES string of the molecule is CCNC(=NCCCc1nc(C(C)C)no1)N1CCN(C/C=C/c2ccccc2)CC1.I. The van der Waals surface area contributed by atoms with E-state index < -0.39 is 0 Å². The van der Waals surface area contributed by atoms with Gasteiger partial charge in [0.05, 0.1) is 0 Å². The van der Waals surface area contributed by atoms with Crippen molar-refractivity contribution in [3.05, 3.63) is 53.7 Å². The molecule has 0 radical (unpaired) electrons. The lowest BCUT2D eigenvalue weighted by molar-refractivity contribution is 0.194. The van der Waals surface area contributed by atoms with Gasteiger partial charge in [-0.25, -0.2) is 0 Å². The van der Waals surface area contributed by atoms with Crippen LogP contribution in [-0.2, 0) is 6.42 Å². The Morgan fingerprint density at radius 1 is 1.19 bits per heavy atom. The molecular formula is C24H37IN6O. The fourth-order valence-corrected chi connectivity index (χ4v) is 3.49. The Morgan fingerprint density at radius 2 is 1.94 bits per heavy atom. The van der Waals surface area contributed by atoms with Gasteiger partial charge >= 0.3 is 0 Å². The van der Waals surface area contributed by atoms with Gasteiger partial charge in [0.25, 0.3) is 0 Å². The lowest BCUT2D eigenvalue weighted by Gasteiger charge is -2.36. The van der Waals surface area contributed by atoms with Crippen molar-refractivity contribution in [3.8, 4) is 0 Å². The second kappa shape index (κ2) is 14.3. The summed E-state index contributed by atoms with van der Waals surface area (Å²) in [6.45, 7) is 12.9.